The van der Waals surface area contributed by atoms with Crippen LogP contribution in [0.25, 0.3) is 0 Å². The monoisotopic (exact) mass is 276 g/mol. The molecule has 108 valence electrons. The van der Waals surface area contributed by atoms with Gasteiger partial charge in [0.15, 0.2) is 0 Å². The molecule has 0 fully saturated rings. The Balaban J connectivity index is 1.65. The van der Waals surface area contributed by atoms with Crippen LogP contribution in [-0.2, 0) is 4.79 Å². The molecule has 0 saturated heterocycles. The van der Waals surface area contributed by atoms with Crippen molar-refractivity contribution in [3.63, 3.8) is 0 Å². The van der Waals surface area contributed by atoms with E-state index in [0.717, 1.165) is 19.3 Å². The fraction of sp³-hybridized carbons (Fsp3) is 0.438. The zero-order valence-corrected chi connectivity index (χ0v) is 11.6. The number of hydrogen-bond donors (Lipinski definition) is 2. The van der Waals surface area contributed by atoms with Gasteiger partial charge in [0, 0.05) is 6.54 Å². The summed E-state index contributed by atoms with van der Waals surface area (Å²) in [5.41, 5.74) is 1.80. The zero-order valence-electron chi connectivity index (χ0n) is 11.6. The van der Waals surface area contributed by atoms with Crippen molar-refractivity contribution in [3.05, 3.63) is 41.7 Å². The van der Waals surface area contributed by atoms with Crippen molar-refractivity contribution in [1.29, 1.82) is 0 Å². The van der Waals surface area contributed by atoms with E-state index in [1.54, 1.807) is 18.2 Å². The van der Waals surface area contributed by atoms with E-state index >= 15 is 0 Å². The quantitative estimate of drug-likeness (QED) is 0.783. The highest BCUT2D eigenvalue weighted by molar-refractivity contribution is 5.80. The Kier molecular flexibility index (Phi) is 5.59. The van der Waals surface area contributed by atoms with E-state index in [4.69, 9.17) is 0 Å². The zero-order chi connectivity index (χ0) is 14.2. The lowest BCUT2D eigenvalue weighted by Gasteiger charge is -2.13. The lowest BCUT2D eigenvalue weighted by Crippen LogP contribution is -2.31. The third-order valence-corrected chi connectivity index (χ3v) is 3.47. The van der Waals surface area contributed by atoms with Gasteiger partial charge in [-0.1, -0.05) is 23.8 Å². The molecule has 0 aliphatic heterocycles. The summed E-state index contributed by atoms with van der Waals surface area (Å²) in [6.45, 7) is 0.754. The van der Waals surface area contributed by atoms with Crippen molar-refractivity contribution in [2.75, 3.05) is 18.4 Å². The third-order valence-electron chi connectivity index (χ3n) is 3.47. The Labute approximate surface area is 119 Å². The Hall–Kier alpha value is -1.84. The number of carbonyl (C=O) groups is 1. The van der Waals surface area contributed by atoms with Crippen LogP contribution in [0, 0.1) is 5.82 Å². The molecule has 0 heterocycles. The van der Waals surface area contributed by atoms with E-state index in [2.05, 4.69) is 16.7 Å². The van der Waals surface area contributed by atoms with E-state index in [1.807, 2.05) is 0 Å². The number of allylic oxidation sites excluding steroid dienone is 1. The van der Waals surface area contributed by atoms with Crippen LogP contribution < -0.4 is 10.6 Å². The lowest BCUT2D eigenvalue weighted by atomic mass is 9.97. The molecular weight excluding hydrogens is 255 g/mol. The van der Waals surface area contributed by atoms with Crippen LogP contribution in [0.1, 0.15) is 32.1 Å². The Bertz CT molecular complexity index is 485. The van der Waals surface area contributed by atoms with Crippen molar-refractivity contribution >= 4 is 11.6 Å². The molecule has 0 spiro atoms. The van der Waals surface area contributed by atoms with Crippen LogP contribution in [0.2, 0.25) is 0 Å². The summed E-state index contributed by atoms with van der Waals surface area (Å²) in [5, 5.41) is 5.65. The summed E-state index contributed by atoms with van der Waals surface area (Å²) in [5.74, 6) is -0.447. The standard InChI is InChI=1S/C16H21FN2O/c17-14-8-4-5-9-15(14)19-12-16(20)18-11-10-13-6-2-1-3-7-13/h4-6,8-9,19H,1-3,7,10-12H2,(H,18,20). The first-order valence-corrected chi connectivity index (χ1v) is 7.19. The van der Waals surface area contributed by atoms with Crippen LogP contribution >= 0.6 is 0 Å². The van der Waals surface area contributed by atoms with E-state index < -0.39 is 0 Å². The predicted molar refractivity (Wildman–Crippen MR) is 79.1 cm³/mol. The number of anilines is 1. The highest BCUT2D eigenvalue weighted by atomic mass is 19.1. The molecule has 0 saturated carbocycles. The summed E-state index contributed by atoms with van der Waals surface area (Å²) < 4.78 is 13.3. The Morgan fingerprint density at radius 1 is 1.25 bits per heavy atom. The van der Waals surface area contributed by atoms with E-state index in [1.165, 1.54) is 24.5 Å². The molecule has 20 heavy (non-hydrogen) atoms. The molecule has 0 radical (unpaired) electrons. The van der Waals surface area contributed by atoms with Gasteiger partial charge in [-0.2, -0.15) is 0 Å². The molecule has 1 amide bonds. The highest BCUT2D eigenvalue weighted by Crippen LogP contribution is 2.19. The number of hydrogen-bond acceptors (Lipinski definition) is 2. The molecule has 2 rings (SSSR count). The van der Waals surface area contributed by atoms with Gasteiger partial charge in [0.2, 0.25) is 5.91 Å². The number of rotatable bonds is 6. The fourth-order valence-corrected chi connectivity index (χ4v) is 2.34. The van der Waals surface area contributed by atoms with Crippen LogP contribution in [0.3, 0.4) is 0 Å². The van der Waals surface area contributed by atoms with Gasteiger partial charge in [0.1, 0.15) is 5.82 Å². The minimum Gasteiger partial charge on any atom is -0.374 e. The summed E-state index contributed by atoms with van der Waals surface area (Å²) in [7, 11) is 0. The number of nitrogens with one attached hydrogen (secondary N) is 2. The number of amides is 1. The second kappa shape index (κ2) is 7.68. The van der Waals surface area contributed by atoms with Gasteiger partial charge in [0.25, 0.3) is 0 Å². The number of carbonyl (C=O) groups excluding carboxylic acids is 1. The van der Waals surface area contributed by atoms with Crippen LogP contribution in [0.4, 0.5) is 10.1 Å². The maximum Gasteiger partial charge on any atom is 0.239 e. The van der Waals surface area contributed by atoms with Crippen molar-refractivity contribution < 1.29 is 9.18 Å². The van der Waals surface area contributed by atoms with Crippen molar-refractivity contribution in [3.8, 4) is 0 Å². The molecular formula is C16H21FN2O. The Morgan fingerprint density at radius 2 is 2.10 bits per heavy atom. The van der Waals surface area contributed by atoms with Gasteiger partial charge < -0.3 is 10.6 Å². The summed E-state index contributed by atoms with van der Waals surface area (Å²) in [6, 6.07) is 6.35. The van der Waals surface area contributed by atoms with Gasteiger partial charge in [-0.05, 0) is 44.2 Å². The van der Waals surface area contributed by atoms with Gasteiger partial charge in [-0.3, -0.25) is 4.79 Å². The first-order valence-electron chi connectivity index (χ1n) is 7.19. The van der Waals surface area contributed by atoms with Gasteiger partial charge in [0.05, 0.1) is 12.2 Å². The fourth-order valence-electron chi connectivity index (χ4n) is 2.34. The van der Waals surface area contributed by atoms with Crippen LogP contribution in [-0.4, -0.2) is 19.0 Å². The molecule has 3 nitrogen and oxygen atoms in total. The average Bonchev–Trinajstić information content (AvgIpc) is 2.47. The molecule has 1 aromatic rings. The minimum atomic E-state index is -0.340. The number of para-hydroxylation sites is 1. The van der Waals surface area contributed by atoms with E-state index in [0.29, 0.717) is 12.2 Å². The minimum absolute atomic E-state index is 0.0972. The Morgan fingerprint density at radius 3 is 2.85 bits per heavy atom. The molecule has 4 heteroatoms. The molecule has 1 aromatic carbocycles. The molecule has 0 unspecified atom stereocenters. The largest absolute Gasteiger partial charge is 0.374 e. The normalized spacial score (nSPS) is 14.6. The average molecular weight is 276 g/mol. The highest BCUT2D eigenvalue weighted by Gasteiger charge is 2.06. The maximum absolute atomic E-state index is 13.3. The van der Waals surface area contributed by atoms with Crippen molar-refractivity contribution in [2.45, 2.75) is 32.1 Å². The predicted octanol–water partition coefficient (Wildman–Crippen LogP) is 3.24. The molecule has 0 aromatic heterocycles. The first-order chi connectivity index (χ1) is 9.75. The van der Waals surface area contributed by atoms with Crippen LogP contribution in [0.15, 0.2) is 35.9 Å². The number of halogens is 1. The first kappa shape index (κ1) is 14.6. The van der Waals surface area contributed by atoms with Gasteiger partial charge >= 0.3 is 0 Å². The second-order valence-corrected chi connectivity index (χ2v) is 5.04. The van der Waals surface area contributed by atoms with Gasteiger partial charge in [-0.15, -0.1) is 0 Å². The number of benzene rings is 1. The topological polar surface area (TPSA) is 41.1 Å². The third kappa shape index (κ3) is 4.68. The molecule has 0 atom stereocenters. The van der Waals surface area contributed by atoms with Gasteiger partial charge in [-0.25, -0.2) is 4.39 Å². The summed E-state index contributed by atoms with van der Waals surface area (Å²) in [4.78, 5) is 11.7. The SMILES string of the molecule is O=C(CNc1ccccc1F)NCCC1=CCCCC1. The maximum atomic E-state index is 13.3. The summed E-state index contributed by atoms with van der Waals surface area (Å²) in [6.07, 6.45) is 8.07. The van der Waals surface area contributed by atoms with E-state index in [9.17, 15) is 9.18 Å². The van der Waals surface area contributed by atoms with Crippen molar-refractivity contribution in [2.24, 2.45) is 0 Å². The smallest absolute Gasteiger partial charge is 0.239 e. The lowest BCUT2D eigenvalue weighted by molar-refractivity contribution is -0.119. The molecule has 1 aliphatic carbocycles. The summed E-state index contributed by atoms with van der Waals surface area (Å²) >= 11 is 0. The van der Waals surface area contributed by atoms with Crippen molar-refractivity contribution in [1.82, 2.24) is 5.32 Å². The second-order valence-electron chi connectivity index (χ2n) is 5.04. The molecule has 2 N–H and O–H groups in total. The van der Waals surface area contributed by atoms with E-state index in [-0.39, 0.29) is 18.3 Å². The van der Waals surface area contributed by atoms with Crippen LogP contribution in [0.5, 0.6) is 0 Å². The molecule has 1 aliphatic rings. The molecule has 0 bridgehead atoms.